The highest BCUT2D eigenvalue weighted by Crippen LogP contribution is 2.17. The van der Waals surface area contributed by atoms with Gasteiger partial charge in [0.2, 0.25) is 4.96 Å². The van der Waals surface area contributed by atoms with Gasteiger partial charge in [-0.25, -0.2) is 4.98 Å². The normalized spacial score (nSPS) is 11.4. The van der Waals surface area contributed by atoms with E-state index in [1.165, 1.54) is 21.9 Å². The summed E-state index contributed by atoms with van der Waals surface area (Å²) >= 11 is 1.28. The van der Waals surface area contributed by atoms with Crippen molar-refractivity contribution in [3.8, 4) is 6.08 Å². The van der Waals surface area contributed by atoms with Crippen molar-refractivity contribution in [1.29, 1.82) is 0 Å². The SMILES string of the molecule is Cc1cc(=O)n2nc(COc3nc(C(C)C)no3)sc2n1. The van der Waals surface area contributed by atoms with E-state index in [2.05, 4.69) is 20.2 Å². The number of hydrogen-bond donors (Lipinski definition) is 0. The maximum absolute atomic E-state index is 11.8. The lowest BCUT2D eigenvalue weighted by atomic mass is 10.2. The molecule has 0 N–H and O–H groups in total. The van der Waals surface area contributed by atoms with E-state index in [0.29, 0.717) is 21.5 Å². The van der Waals surface area contributed by atoms with Crippen molar-refractivity contribution in [1.82, 2.24) is 24.7 Å². The maximum Gasteiger partial charge on any atom is 0.417 e. The van der Waals surface area contributed by atoms with Crippen molar-refractivity contribution >= 4 is 16.3 Å². The molecule has 0 aliphatic carbocycles. The first-order valence-electron chi connectivity index (χ1n) is 6.36. The quantitative estimate of drug-likeness (QED) is 0.721. The molecule has 0 atom stereocenters. The lowest BCUT2D eigenvalue weighted by molar-refractivity contribution is 0.194. The molecule has 0 aliphatic rings. The summed E-state index contributed by atoms with van der Waals surface area (Å²) in [5.74, 6) is 0.752. The zero-order valence-corrected chi connectivity index (χ0v) is 12.5. The van der Waals surface area contributed by atoms with Gasteiger partial charge in [0.1, 0.15) is 6.61 Å². The Morgan fingerprint density at radius 3 is 2.95 bits per heavy atom. The molecule has 9 heteroatoms. The summed E-state index contributed by atoms with van der Waals surface area (Å²) in [6, 6.07) is 1.43. The van der Waals surface area contributed by atoms with Crippen LogP contribution in [0.4, 0.5) is 0 Å². The number of fused-ring (bicyclic) bond motifs is 1. The van der Waals surface area contributed by atoms with Crippen LogP contribution >= 0.6 is 11.3 Å². The Kier molecular flexibility index (Phi) is 3.42. The Balaban J connectivity index is 1.78. The van der Waals surface area contributed by atoms with E-state index in [4.69, 9.17) is 9.26 Å². The average Bonchev–Trinajstić information content (AvgIpc) is 3.02. The van der Waals surface area contributed by atoms with Gasteiger partial charge in [-0.2, -0.15) is 14.6 Å². The van der Waals surface area contributed by atoms with Crippen LogP contribution in [0.15, 0.2) is 15.4 Å². The first kappa shape index (κ1) is 13.7. The minimum atomic E-state index is -0.208. The molecule has 3 rings (SSSR count). The molecule has 0 fully saturated rings. The molecule has 8 nitrogen and oxygen atoms in total. The van der Waals surface area contributed by atoms with Crippen LogP contribution in [0.2, 0.25) is 0 Å². The van der Waals surface area contributed by atoms with Crippen LogP contribution in [0.3, 0.4) is 0 Å². The van der Waals surface area contributed by atoms with E-state index in [-0.39, 0.29) is 24.2 Å². The summed E-state index contributed by atoms with van der Waals surface area (Å²) in [5, 5.41) is 8.56. The minimum absolute atomic E-state index is 0.0921. The van der Waals surface area contributed by atoms with Crippen LogP contribution in [0.1, 0.15) is 36.3 Å². The molecule has 21 heavy (non-hydrogen) atoms. The Morgan fingerprint density at radius 1 is 1.43 bits per heavy atom. The summed E-state index contributed by atoms with van der Waals surface area (Å²) < 4.78 is 11.6. The van der Waals surface area contributed by atoms with Crippen LogP contribution in [0.5, 0.6) is 6.08 Å². The summed E-state index contributed by atoms with van der Waals surface area (Å²) in [6.07, 6.45) is 0.0921. The van der Waals surface area contributed by atoms with Crippen LogP contribution in [0, 0.1) is 6.92 Å². The minimum Gasteiger partial charge on any atom is -0.441 e. The third-order valence-corrected chi connectivity index (χ3v) is 3.56. The summed E-state index contributed by atoms with van der Waals surface area (Å²) in [6.45, 7) is 5.83. The van der Waals surface area contributed by atoms with Crippen molar-refractivity contribution in [3.05, 3.63) is 32.9 Å². The molecule has 0 spiro atoms. The van der Waals surface area contributed by atoms with Crippen LogP contribution in [-0.4, -0.2) is 24.7 Å². The second-order valence-electron chi connectivity index (χ2n) is 4.79. The lowest BCUT2D eigenvalue weighted by Crippen LogP contribution is -2.14. The fourth-order valence-electron chi connectivity index (χ4n) is 1.66. The molecule has 0 aliphatic heterocycles. The summed E-state index contributed by atoms with van der Waals surface area (Å²) in [4.78, 5) is 20.6. The molecule has 0 aromatic carbocycles. The molecular weight excluding hydrogens is 294 g/mol. The monoisotopic (exact) mass is 307 g/mol. The highest BCUT2D eigenvalue weighted by Gasteiger charge is 2.13. The molecule has 110 valence electrons. The average molecular weight is 307 g/mol. The van der Waals surface area contributed by atoms with E-state index in [1.54, 1.807) is 6.92 Å². The molecule has 0 unspecified atom stereocenters. The predicted octanol–water partition coefficient (Wildman–Crippen LogP) is 1.54. The topological polar surface area (TPSA) is 95.4 Å². The fourth-order valence-corrected chi connectivity index (χ4v) is 2.51. The smallest absolute Gasteiger partial charge is 0.417 e. The van der Waals surface area contributed by atoms with Gasteiger partial charge in [0.25, 0.3) is 5.56 Å². The highest BCUT2D eigenvalue weighted by atomic mass is 32.1. The van der Waals surface area contributed by atoms with E-state index in [0.717, 1.165) is 0 Å². The fraction of sp³-hybridized carbons (Fsp3) is 0.417. The van der Waals surface area contributed by atoms with E-state index >= 15 is 0 Å². The number of aromatic nitrogens is 5. The predicted molar refractivity (Wildman–Crippen MR) is 74.6 cm³/mol. The Hall–Kier alpha value is -2.29. The Labute approximate surface area is 123 Å². The van der Waals surface area contributed by atoms with Gasteiger partial charge in [-0.05, 0) is 6.92 Å². The van der Waals surface area contributed by atoms with Gasteiger partial charge < -0.3 is 4.74 Å². The van der Waals surface area contributed by atoms with Crippen molar-refractivity contribution < 1.29 is 9.26 Å². The van der Waals surface area contributed by atoms with Crippen molar-refractivity contribution in [3.63, 3.8) is 0 Å². The summed E-state index contributed by atoms with van der Waals surface area (Å²) in [5.41, 5.74) is 0.453. The third kappa shape index (κ3) is 2.77. The van der Waals surface area contributed by atoms with Gasteiger partial charge >= 0.3 is 6.08 Å². The van der Waals surface area contributed by atoms with E-state index in [9.17, 15) is 4.79 Å². The van der Waals surface area contributed by atoms with Crippen molar-refractivity contribution in [2.75, 3.05) is 0 Å². The van der Waals surface area contributed by atoms with Gasteiger partial charge in [-0.1, -0.05) is 30.3 Å². The van der Waals surface area contributed by atoms with Crippen LogP contribution < -0.4 is 10.3 Å². The molecule has 3 heterocycles. The zero-order chi connectivity index (χ0) is 15.0. The van der Waals surface area contributed by atoms with Gasteiger partial charge in [0, 0.05) is 17.7 Å². The lowest BCUT2D eigenvalue weighted by Gasteiger charge is -1.95. The highest BCUT2D eigenvalue weighted by molar-refractivity contribution is 7.16. The zero-order valence-electron chi connectivity index (χ0n) is 11.7. The molecular formula is C12H13N5O3S. The van der Waals surface area contributed by atoms with Crippen molar-refractivity contribution in [2.24, 2.45) is 0 Å². The number of hydrogen-bond acceptors (Lipinski definition) is 8. The molecule has 0 saturated heterocycles. The van der Waals surface area contributed by atoms with E-state index in [1.807, 2.05) is 13.8 Å². The molecule has 3 aromatic rings. The number of aryl methyl sites for hydroxylation is 1. The summed E-state index contributed by atoms with van der Waals surface area (Å²) in [7, 11) is 0. The Morgan fingerprint density at radius 2 is 2.24 bits per heavy atom. The number of ether oxygens (including phenoxy) is 1. The molecule has 3 aromatic heterocycles. The maximum atomic E-state index is 11.8. The van der Waals surface area contributed by atoms with Crippen molar-refractivity contribution in [2.45, 2.75) is 33.3 Å². The molecule has 0 bridgehead atoms. The number of rotatable bonds is 4. The molecule has 0 amide bonds. The second-order valence-corrected chi connectivity index (χ2v) is 5.83. The van der Waals surface area contributed by atoms with Gasteiger partial charge in [0.15, 0.2) is 10.8 Å². The van der Waals surface area contributed by atoms with Crippen LogP contribution in [0.25, 0.3) is 4.96 Å². The first-order valence-corrected chi connectivity index (χ1v) is 7.17. The number of nitrogens with zero attached hydrogens (tertiary/aromatic N) is 5. The Bertz CT molecular complexity index is 835. The van der Waals surface area contributed by atoms with E-state index < -0.39 is 0 Å². The van der Waals surface area contributed by atoms with Gasteiger partial charge in [0.05, 0.1) is 0 Å². The largest absolute Gasteiger partial charge is 0.441 e. The van der Waals surface area contributed by atoms with Crippen LogP contribution in [-0.2, 0) is 6.61 Å². The first-order chi connectivity index (χ1) is 10.0. The molecule has 0 saturated carbocycles. The molecule has 0 radical (unpaired) electrons. The van der Waals surface area contributed by atoms with Gasteiger partial charge in [-0.15, -0.1) is 0 Å². The standard InChI is InChI=1S/C12H13N5O3S/c1-6(2)10-14-12(20-16-10)19-5-8-15-17-9(18)4-7(3)13-11(17)21-8/h4,6H,5H2,1-3H3. The third-order valence-electron chi connectivity index (χ3n) is 2.67. The second kappa shape index (κ2) is 5.24. The van der Waals surface area contributed by atoms with Gasteiger partial charge in [-0.3, -0.25) is 9.32 Å².